The monoisotopic (exact) mass is 964 g/mol. The number of phenolic OH excluding ortho intramolecular Hbond substituents is 4. The van der Waals surface area contributed by atoms with Crippen molar-refractivity contribution in [1.82, 2.24) is 0 Å². The Labute approximate surface area is 385 Å². The first-order valence-electron chi connectivity index (χ1n) is 20.9. The lowest BCUT2D eigenvalue weighted by molar-refractivity contribution is -0.325. The quantitative estimate of drug-likeness (QED) is 0.0477. The van der Waals surface area contributed by atoms with Crippen molar-refractivity contribution in [3.8, 4) is 46.0 Å². The van der Waals surface area contributed by atoms with Gasteiger partial charge in [0.05, 0.1) is 39.1 Å². The summed E-state index contributed by atoms with van der Waals surface area (Å²) in [5, 5.41) is 137. The molecule has 0 spiro atoms. The van der Waals surface area contributed by atoms with Crippen LogP contribution in [-0.4, -0.2) is 192 Å². The molecule has 372 valence electrons. The van der Waals surface area contributed by atoms with Gasteiger partial charge < -0.3 is 114 Å². The lowest BCUT2D eigenvalue weighted by Crippen LogP contribution is -2.61. The molecule has 4 aliphatic heterocycles. The minimum atomic E-state index is -1.99. The van der Waals surface area contributed by atoms with E-state index in [1.54, 1.807) is 0 Å². The number of aliphatic hydroxyl groups excluding tert-OH is 9. The molecule has 3 aromatic carbocycles. The molecule has 0 saturated carbocycles. The van der Waals surface area contributed by atoms with E-state index in [0.717, 1.165) is 12.1 Å². The van der Waals surface area contributed by atoms with Crippen molar-refractivity contribution in [3.05, 3.63) is 71.0 Å². The largest absolute Gasteiger partial charge is 0.508 e. The maximum Gasteiger partial charge on any atom is 0.331 e. The van der Waals surface area contributed by atoms with Crippen LogP contribution in [0, 0.1) is 0 Å². The highest BCUT2D eigenvalue weighted by Gasteiger charge is 2.50. The van der Waals surface area contributed by atoms with Crippen LogP contribution in [0.15, 0.2) is 54.3 Å². The van der Waals surface area contributed by atoms with Crippen molar-refractivity contribution < 1.29 is 119 Å². The summed E-state index contributed by atoms with van der Waals surface area (Å²) in [5.74, 6) is -3.31. The summed E-state index contributed by atoms with van der Waals surface area (Å²) in [6, 6.07) is 8.77. The van der Waals surface area contributed by atoms with Crippen molar-refractivity contribution in [2.24, 2.45) is 0 Å². The molecule has 1 unspecified atom stereocenters. The van der Waals surface area contributed by atoms with Crippen LogP contribution >= 0.6 is 0 Å². The van der Waals surface area contributed by atoms with Gasteiger partial charge in [0.15, 0.2) is 41.5 Å². The molecule has 0 radical (unpaired) electrons. The van der Waals surface area contributed by atoms with Crippen molar-refractivity contribution in [3.63, 3.8) is 0 Å². The second-order valence-electron chi connectivity index (χ2n) is 16.1. The Morgan fingerprint density at radius 3 is 1.93 bits per heavy atom. The van der Waals surface area contributed by atoms with Crippen molar-refractivity contribution in [2.75, 3.05) is 27.4 Å². The lowest BCUT2D eigenvalue weighted by Gasteiger charge is -2.43. The number of rotatable bonds is 14. The number of esters is 1. The third kappa shape index (κ3) is 10.3. The summed E-state index contributed by atoms with van der Waals surface area (Å²) in [5.41, 5.74) is 0.496. The highest BCUT2D eigenvalue weighted by Crippen LogP contribution is 2.48. The van der Waals surface area contributed by atoms with Gasteiger partial charge in [-0.3, -0.25) is 0 Å². The number of ether oxygens (including phenoxy) is 10. The van der Waals surface area contributed by atoms with Gasteiger partial charge in [0.25, 0.3) is 0 Å². The zero-order valence-electron chi connectivity index (χ0n) is 36.2. The third-order valence-electron chi connectivity index (χ3n) is 11.6. The first-order chi connectivity index (χ1) is 32.3. The number of aliphatic hydroxyl groups is 9. The molecule has 16 atom stereocenters. The fourth-order valence-electron chi connectivity index (χ4n) is 7.77. The van der Waals surface area contributed by atoms with Crippen molar-refractivity contribution in [2.45, 2.75) is 105 Å². The zero-order valence-corrected chi connectivity index (χ0v) is 36.2. The molecule has 0 aromatic heterocycles. The summed E-state index contributed by atoms with van der Waals surface area (Å²) in [4.78, 5) is 12.6. The third-order valence-corrected chi connectivity index (χ3v) is 11.6. The van der Waals surface area contributed by atoms with Crippen molar-refractivity contribution in [1.29, 1.82) is 0 Å². The van der Waals surface area contributed by atoms with Gasteiger partial charge in [-0.25, -0.2) is 4.79 Å². The van der Waals surface area contributed by atoms with E-state index >= 15 is 0 Å². The Bertz CT molecular complexity index is 2300. The van der Waals surface area contributed by atoms with Crippen LogP contribution in [-0.2, 0) is 33.2 Å². The Morgan fingerprint density at radius 2 is 1.29 bits per heavy atom. The molecule has 24 heteroatoms. The molecule has 3 saturated heterocycles. The average Bonchev–Trinajstić information content (AvgIpc) is 3.32. The summed E-state index contributed by atoms with van der Waals surface area (Å²) < 4.78 is 57.2. The summed E-state index contributed by atoms with van der Waals surface area (Å²) in [6.45, 7) is -0.0367. The maximum atomic E-state index is 12.6. The summed E-state index contributed by atoms with van der Waals surface area (Å²) >= 11 is 0. The molecule has 3 fully saturated rings. The predicted molar refractivity (Wildman–Crippen MR) is 224 cm³/mol. The Hall–Kier alpha value is -5.71. The van der Waals surface area contributed by atoms with Gasteiger partial charge >= 0.3 is 5.97 Å². The molecule has 4 heterocycles. The van der Waals surface area contributed by atoms with Gasteiger partial charge in [-0.2, -0.15) is 0 Å². The maximum absolute atomic E-state index is 12.6. The van der Waals surface area contributed by atoms with Crippen LogP contribution in [0.4, 0.5) is 0 Å². The van der Waals surface area contributed by atoms with Crippen LogP contribution in [0.2, 0.25) is 0 Å². The number of hydrogen-bond donors (Lipinski definition) is 13. The van der Waals surface area contributed by atoms with E-state index in [0.29, 0.717) is 5.56 Å². The van der Waals surface area contributed by atoms with Crippen molar-refractivity contribution >= 4 is 18.1 Å². The number of carbonyl (C=O) groups is 1. The molecule has 0 aliphatic carbocycles. The molecule has 3 aromatic rings. The number of fused-ring (bicyclic) bond motifs is 1. The molecule has 7 rings (SSSR count). The molecule has 13 N–H and O–H groups in total. The topological polar surface area (TPSA) is 372 Å². The second kappa shape index (κ2) is 20.9. The van der Waals surface area contributed by atoms with Gasteiger partial charge in [0, 0.05) is 23.8 Å². The van der Waals surface area contributed by atoms with E-state index in [1.165, 1.54) is 69.7 Å². The van der Waals surface area contributed by atoms with Crippen LogP contribution in [0.3, 0.4) is 0 Å². The fraction of sp³-hybridized carbons (Fsp3) is 0.477. The molecule has 0 bridgehead atoms. The molecule has 24 nitrogen and oxygen atoms in total. The number of carbonyl (C=O) groups excluding carboxylic acids is 1. The second-order valence-corrected chi connectivity index (χ2v) is 16.1. The first kappa shape index (κ1) is 50.2. The minimum absolute atomic E-state index is 0.0109. The van der Waals surface area contributed by atoms with Gasteiger partial charge in [-0.05, 0) is 48.9 Å². The number of phenols is 4. The van der Waals surface area contributed by atoms with E-state index in [-0.39, 0.29) is 51.4 Å². The lowest BCUT2D eigenvalue weighted by atomic mass is 9.97. The Morgan fingerprint density at radius 1 is 0.676 bits per heavy atom. The normalized spacial score (nSPS) is 33.7. The first-order valence-corrected chi connectivity index (χ1v) is 20.9. The van der Waals surface area contributed by atoms with Gasteiger partial charge in [0.1, 0.15) is 84.0 Å². The summed E-state index contributed by atoms with van der Waals surface area (Å²) in [7, 11) is 2.54. The van der Waals surface area contributed by atoms with E-state index in [4.69, 9.17) is 47.4 Å². The van der Waals surface area contributed by atoms with Crippen LogP contribution in [0.5, 0.6) is 46.0 Å². The van der Waals surface area contributed by atoms with E-state index in [1.807, 2.05) is 0 Å². The number of hydrogen-bond acceptors (Lipinski definition) is 24. The fourth-order valence-corrected chi connectivity index (χ4v) is 7.77. The number of benzene rings is 3. The average molecular weight is 965 g/mol. The number of methoxy groups -OCH3 is 2. The van der Waals surface area contributed by atoms with Crippen LogP contribution in [0.25, 0.3) is 12.2 Å². The molecular weight excluding hydrogens is 912 g/mol. The molecule has 0 amide bonds. The Kier molecular flexibility index (Phi) is 15.4. The van der Waals surface area contributed by atoms with Gasteiger partial charge in [0.2, 0.25) is 18.3 Å². The SMILES string of the molecule is COc1cc(C2Oc3cc(O)cc(O[C@@H]4O[C@@H](CO)[C@H](O)[C@H](O)[C@H]4O)c3C=C2O[C@@H]2O[C@@H](CO[C@@H]3O[C@@H](C)[C@H](OC(=O)/C=C/c4ccc(O)c(O)c4)[C@H](O)[C@@H]3O)[C@H](O)[C@@H](O)[C@@H]2O)cc(OC)c1O. The molecule has 68 heavy (non-hydrogen) atoms. The smallest absolute Gasteiger partial charge is 0.331 e. The highest BCUT2D eigenvalue weighted by molar-refractivity contribution is 5.87. The minimum Gasteiger partial charge on any atom is -0.508 e. The molecule has 4 aliphatic rings. The van der Waals surface area contributed by atoms with Crippen LogP contribution < -0.4 is 18.9 Å². The Balaban J connectivity index is 1.11. The van der Waals surface area contributed by atoms with Gasteiger partial charge in [-0.15, -0.1) is 0 Å². The summed E-state index contributed by atoms with van der Waals surface area (Å²) in [6.07, 6.45) is -23.3. The van der Waals surface area contributed by atoms with E-state index in [2.05, 4.69) is 0 Å². The predicted octanol–water partition coefficient (Wildman–Crippen LogP) is -1.89. The highest BCUT2D eigenvalue weighted by atomic mass is 16.7. The van der Waals surface area contributed by atoms with Gasteiger partial charge in [-0.1, -0.05) is 6.07 Å². The van der Waals surface area contributed by atoms with Crippen LogP contribution in [0.1, 0.15) is 29.7 Å². The van der Waals surface area contributed by atoms with E-state index < -0.39 is 129 Å². The standard InChI is InChI=1S/C44H52O24/c1-16-40(68-30(49)7-5-17-4-6-21(47)22(48)8-17)36(55)39(58)42(62-16)61-15-29-33(52)35(54)38(57)44(67-29)65-27-13-20-23(63-41(27)18-9-25(59-2)31(50)26(10-18)60-3)11-19(46)12-24(20)64-43-37(56)34(53)32(51)28(14-45)66-43/h4-13,16,28-29,32-48,50-58H,14-15H2,1-3H3/b7-5+/t16-,28-,29-,32-,33-,34-,35+,36+,37+,38-,39-,40-,41?,42+,43+,44+/m0/s1. The van der Waals surface area contributed by atoms with E-state index in [9.17, 15) is 71.2 Å². The molecular formula is C44H52O24. The zero-order chi connectivity index (χ0) is 49.3. The number of aromatic hydroxyl groups is 4.